The van der Waals surface area contributed by atoms with Crippen LogP contribution in [0.2, 0.25) is 0 Å². The summed E-state index contributed by atoms with van der Waals surface area (Å²) in [5, 5.41) is 10.7. The fourth-order valence-electron chi connectivity index (χ4n) is 2.05. The van der Waals surface area contributed by atoms with Crippen molar-refractivity contribution in [2.75, 3.05) is 17.4 Å². The number of halogens is 1. The third-order valence-electron chi connectivity index (χ3n) is 3.30. The molecule has 19 heavy (non-hydrogen) atoms. The van der Waals surface area contributed by atoms with Gasteiger partial charge in [0.15, 0.2) is 0 Å². The summed E-state index contributed by atoms with van der Waals surface area (Å²) in [6.45, 7) is 1.64. The predicted octanol–water partition coefficient (Wildman–Crippen LogP) is 2.72. The van der Waals surface area contributed by atoms with Crippen molar-refractivity contribution in [2.24, 2.45) is 0 Å². The van der Waals surface area contributed by atoms with Gasteiger partial charge in [-0.1, -0.05) is 37.3 Å². The summed E-state index contributed by atoms with van der Waals surface area (Å²) in [7, 11) is -2.98. The topological polar surface area (TPSA) is 54.4 Å². The van der Waals surface area contributed by atoms with Gasteiger partial charge < -0.3 is 5.11 Å². The van der Waals surface area contributed by atoms with Gasteiger partial charge in [0.25, 0.3) is 0 Å². The Hall–Kier alpha value is -0.580. The van der Waals surface area contributed by atoms with Crippen LogP contribution in [0.3, 0.4) is 0 Å². The number of hydrogen-bond donors (Lipinski definition) is 1. The van der Waals surface area contributed by atoms with Crippen LogP contribution in [0.15, 0.2) is 30.3 Å². The van der Waals surface area contributed by atoms with E-state index < -0.39 is 15.4 Å². The van der Waals surface area contributed by atoms with Gasteiger partial charge in [-0.25, -0.2) is 8.42 Å². The summed E-state index contributed by atoms with van der Waals surface area (Å²) in [6.07, 6.45) is 1.27. The Balaban J connectivity index is 2.73. The maximum Gasteiger partial charge on any atom is 0.150 e. The first-order chi connectivity index (χ1) is 8.93. The highest BCUT2D eigenvalue weighted by Crippen LogP contribution is 2.30. The van der Waals surface area contributed by atoms with Crippen LogP contribution in [-0.2, 0) is 15.4 Å². The van der Waals surface area contributed by atoms with Crippen LogP contribution < -0.4 is 0 Å². The number of rotatable bonds is 8. The fourth-order valence-corrected chi connectivity index (χ4v) is 3.23. The second-order valence-electron chi connectivity index (χ2n) is 4.68. The van der Waals surface area contributed by atoms with E-state index in [0.717, 1.165) is 5.56 Å². The first kappa shape index (κ1) is 16.5. The Kier molecular flexibility index (Phi) is 6.30. The fraction of sp³-hybridized carbons (Fsp3) is 0.571. The van der Waals surface area contributed by atoms with E-state index in [9.17, 15) is 13.5 Å². The van der Waals surface area contributed by atoms with Gasteiger partial charge in [-0.05, 0) is 24.8 Å². The molecule has 3 nitrogen and oxygen atoms in total. The summed E-state index contributed by atoms with van der Waals surface area (Å²) in [6, 6.07) is 9.29. The highest BCUT2D eigenvalue weighted by molar-refractivity contribution is 7.91. The van der Waals surface area contributed by atoms with Gasteiger partial charge in [-0.15, -0.1) is 11.6 Å². The highest BCUT2D eigenvalue weighted by atomic mass is 35.5. The van der Waals surface area contributed by atoms with Gasteiger partial charge in [-0.3, -0.25) is 0 Å². The van der Waals surface area contributed by atoms with Crippen molar-refractivity contribution in [2.45, 2.75) is 31.8 Å². The molecule has 0 aliphatic rings. The van der Waals surface area contributed by atoms with Crippen molar-refractivity contribution in [3.8, 4) is 0 Å². The lowest BCUT2D eigenvalue weighted by atomic mass is 9.87. The molecular weight excluding hydrogens is 284 g/mol. The first-order valence-electron chi connectivity index (χ1n) is 6.48. The highest BCUT2D eigenvalue weighted by Gasteiger charge is 2.28. The zero-order valence-corrected chi connectivity index (χ0v) is 12.8. The minimum absolute atomic E-state index is 0.112. The Morgan fingerprint density at radius 1 is 1.21 bits per heavy atom. The molecule has 0 spiro atoms. The van der Waals surface area contributed by atoms with Gasteiger partial charge in [-0.2, -0.15) is 0 Å². The summed E-state index contributed by atoms with van der Waals surface area (Å²) >= 11 is 5.75. The second-order valence-corrected chi connectivity index (χ2v) is 7.53. The molecule has 0 saturated heterocycles. The third-order valence-corrected chi connectivity index (χ3v) is 5.28. The lowest BCUT2D eigenvalue weighted by Gasteiger charge is -2.28. The average molecular weight is 305 g/mol. The zero-order chi connectivity index (χ0) is 14.4. The Morgan fingerprint density at radius 2 is 1.84 bits per heavy atom. The molecule has 1 aromatic rings. The number of aliphatic hydroxyl groups is 1. The molecule has 0 fully saturated rings. The molecule has 5 heteroatoms. The molecule has 1 N–H and O–H groups in total. The largest absolute Gasteiger partial charge is 0.385 e. The van der Waals surface area contributed by atoms with Gasteiger partial charge in [0.05, 0.1) is 11.4 Å². The Labute approximate surface area is 120 Å². The average Bonchev–Trinajstić information content (AvgIpc) is 2.40. The van der Waals surface area contributed by atoms with E-state index >= 15 is 0 Å². The summed E-state index contributed by atoms with van der Waals surface area (Å²) < 4.78 is 22.9. The number of hydrogen-bond acceptors (Lipinski definition) is 3. The van der Waals surface area contributed by atoms with Crippen molar-refractivity contribution >= 4 is 21.4 Å². The van der Waals surface area contributed by atoms with Gasteiger partial charge in [0.1, 0.15) is 9.84 Å². The molecule has 0 radical (unpaired) electrons. The third kappa shape index (κ3) is 5.13. The standard InChI is InChI=1S/C14H21ClO3S/c1-2-19(17,18)12-6-9-14(16,10-11-15)13-7-4-3-5-8-13/h3-5,7-8,16H,2,6,9-12H2,1H3. The molecule has 0 aliphatic heterocycles. The van der Waals surface area contributed by atoms with Crippen LogP contribution in [0, 0.1) is 0 Å². The lowest BCUT2D eigenvalue weighted by molar-refractivity contribution is 0.0237. The van der Waals surface area contributed by atoms with Crippen molar-refractivity contribution in [1.82, 2.24) is 0 Å². The van der Waals surface area contributed by atoms with Crippen LogP contribution in [0.1, 0.15) is 31.7 Å². The molecule has 0 heterocycles. The minimum atomic E-state index is -2.98. The Bertz CT molecular complexity index is 473. The van der Waals surface area contributed by atoms with Crippen molar-refractivity contribution in [1.29, 1.82) is 0 Å². The molecular formula is C14H21ClO3S. The van der Waals surface area contributed by atoms with Crippen molar-refractivity contribution in [3.63, 3.8) is 0 Å². The van der Waals surface area contributed by atoms with Gasteiger partial charge in [0.2, 0.25) is 0 Å². The SMILES string of the molecule is CCS(=O)(=O)CCCC(O)(CCCl)c1ccccc1. The number of benzene rings is 1. The maximum absolute atomic E-state index is 11.5. The quantitative estimate of drug-likeness (QED) is 0.751. The smallest absolute Gasteiger partial charge is 0.150 e. The molecule has 1 unspecified atom stereocenters. The molecule has 1 atom stereocenters. The summed E-state index contributed by atoms with van der Waals surface area (Å²) in [4.78, 5) is 0. The van der Waals surface area contributed by atoms with E-state index in [1.165, 1.54) is 0 Å². The summed E-state index contributed by atoms with van der Waals surface area (Å²) in [5.74, 6) is 0.596. The Morgan fingerprint density at radius 3 is 2.37 bits per heavy atom. The van der Waals surface area contributed by atoms with Crippen LogP contribution >= 0.6 is 11.6 Å². The van der Waals surface area contributed by atoms with Crippen molar-refractivity contribution < 1.29 is 13.5 Å². The molecule has 0 bridgehead atoms. The van der Waals surface area contributed by atoms with Gasteiger partial charge in [0, 0.05) is 11.6 Å². The monoisotopic (exact) mass is 304 g/mol. The minimum Gasteiger partial charge on any atom is -0.385 e. The van der Waals surface area contributed by atoms with E-state index in [1.807, 2.05) is 30.3 Å². The summed E-state index contributed by atoms with van der Waals surface area (Å²) in [5.41, 5.74) is -0.240. The molecule has 0 amide bonds. The molecule has 0 saturated carbocycles. The zero-order valence-electron chi connectivity index (χ0n) is 11.2. The second kappa shape index (κ2) is 7.27. The van der Waals surface area contributed by atoms with Crippen LogP contribution in [-0.4, -0.2) is 30.9 Å². The maximum atomic E-state index is 11.5. The van der Waals surface area contributed by atoms with E-state index in [1.54, 1.807) is 6.92 Å². The van der Waals surface area contributed by atoms with Crippen LogP contribution in [0.25, 0.3) is 0 Å². The molecule has 1 rings (SSSR count). The van der Waals surface area contributed by atoms with Crippen LogP contribution in [0.4, 0.5) is 0 Å². The normalized spacial score (nSPS) is 15.1. The van der Waals surface area contributed by atoms with E-state index in [4.69, 9.17) is 11.6 Å². The van der Waals surface area contributed by atoms with E-state index in [-0.39, 0.29) is 11.5 Å². The predicted molar refractivity (Wildman–Crippen MR) is 79.2 cm³/mol. The molecule has 0 aromatic heterocycles. The van der Waals surface area contributed by atoms with Gasteiger partial charge >= 0.3 is 0 Å². The van der Waals surface area contributed by atoms with Crippen molar-refractivity contribution in [3.05, 3.63) is 35.9 Å². The molecule has 1 aromatic carbocycles. The number of alkyl halides is 1. The van der Waals surface area contributed by atoms with Crippen LogP contribution in [0.5, 0.6) is 0 Å². The van der Waals surface area contributed by atoms with E-state index in [2.05, 4.69) is 0 Å². The first-order valence-corrected chi connectivity index (χ1v) is 8.83. The lowest BCUT2D eigenvalue weighted by Crippen LogP contribution is -2.27. The van der Waals surface area contributed by atoms with E-state index in [0.29, 0.717) is 25.1 Å². The molecule has 108 valence electrons. The molecule has 0 aliphatic carbocycles. The number of sulfone groups is 1.